The van der Waals surface area contributed by atoms with E-state index in [0.29, 0.717) is 11.6 Å². The van der Waals surface area contributed by atoms with Crippen molar-refractivity contribution in [2.75, 3.05) is 52.9 Å². The highest BCUT2D eigenvalue weighted by molar-refractivity contribution is 6.32. The molecule has 5 nitrogen and oxygen atoms in total. The molecule has 0 radical (unpaired) electrons. The van der Waals surface area contributed by atoms with Gasteiger partial charge in [-0.2, -0.15) is 0 Å². The lowest BCUT2D eigenvalue weighted by molar-refractivity contribution is -0.136. The molecule has 0 aliphatic carbocycles. The van der Waals surface area contributed by atoms with Gasteiger partial charge >= 0.3 is 0 Å². The number of rotatable bonds is 7. The molecule has 8 heteroatoms. The highest BCUT2D eigenvalue weighted by atomic mass is 35.5. The number of piperazine rings is 1. The summed E-state index contributed by atoms with van der Waals surface area (Å²) in [6.07, 6.45) is 0. The van der Waals surface area contributed by atoms with Gasteiger partial charge in [0.1, 0.15) is 12.4 Å². The highest BCUT2D eigenvalue weighted by Crippen LogP contribution is 2.22. The number of carbonyl (C=O) groups is 1. The second kappa shape index (κ2) is 12.6. The average molecular weight is 413 g/mol. The van der Waals surface area contributed by atoms with E-state index in [1.807, 2.05) is 43.1 Å². The van der Waals surface area contributed by atoms with Crippen LogP contribution in [0, 0.1) is 5.92 Å². The van der Waals surface area contributed by atoms with E-state index in [2.05, 4.69) is 10.2 Å². The second-order valence-electron chi connectivity index (χ2n) is 5.90. The highest BCUT2D eigenvalue weighted by Gasteiger charge is 2.24. The van der Waals surface area contributed by atoms with Crippen molar-refractivity contribution >= 4 is 42.3 Å². The topological polar surface area (TPSA) is 44.8 Å². The van der Waals surface area contributed by atoms with Crippen molar-refractivity contribution in [1.82, 2.24) is 15.1 Å². The molecule has 0 bridgehead atoms. The minimum Gasteiger partial charge on any atom is -0.491 e. The van der Waals surface area contributed by atoms with Crippen LogP contribution in [0.3, 0.4) is 0 Å². The van der Waals surface area contributed by atoms with Crippen molar-refractivity contribution < 1.29 is 9.53 Å². The Labute approximate surface area is 167 Å². The zero-order chi connectivity index (χ0) is 16.7. The van der Waals surface area contributed by atoms with Gasteiger partial charge in [0, 0.05) is 45.2 Å². The van der Waals surface area contributed by atoms with Crippen LogP contribution < -0.4 is 10.1 Å². The van der Waals surface area contributed by atoms with Crippen molar-refractivity contribution in [3.8, 4) is 5.75 Å². The molecule has 2 rings (SSSR count). The fraction of sp³-hybridized carbons (Fsp3) is 0.588. The Bertz CT molecular complexity index is 512. The van der Waals surface area contributed by atoms with E-state index in [1.54, 1.807) is 0 Å². The van der Waals surface area contributed by atoms with Crippen LogP contribution in [0.1, 0.15) is 6.92 Å². The minimum absolute atomic E-state index is 0. The van der Waals surface area contributed by atoms with Gasteiger partial charge < -0.3 is 15.0 Å². The Balaban J connectivity index is 0.00000288. The first-order valence-corrected chi connectivity index (χ1v) is 8.52. The largest absolute Gasteiger partial charge is 0.491 e. The maximum Gasteiger partial charge on any atom is 0.226 e. The van der Waals surface area contributed by atoms with Gasteiger partial charge in [0.25, 0.3) is 0 Å². The van der Waals surface area contributed by atoms with Crippen molar-refractivity contribution in [2.45, 2.75) is 6.92 Å². The monoisotopic (exact) mass is 411 g/mol. The lowest BCUT2D eigenvalue weighted by atomic mass is 10.1. The Hall–Kier alpha value is -0.720. The quantitative estimate of drug-likeness (QED) is 0.747. The number of hydrogen-bond donors (Lipinski definition) is 1. The zero-order valence-electron chi connectivity index (χ0n) is 14.7. The maximum atomic E-state index is 12.3. The third kappa shape index (κ3) is 7.59. The molecular formula is C17H28Cl3N3O2. The van der Waals surface area contributed by atoms with Crippen molar-refractivity contribution in [3.05, 3.63) is 29.3 Å². The summed E-state index contributed by atoms with van der Waals surface area (Å²) in [6.45, 7) is 7.52. The molecule has 1 saturated heterocycles. The van der Waals surface area contributed by atoms with Gasteiger partial charge in [0.15, 0.2) is 0 Å². The normalized spacial score (nSPS) is 15.7. The van der Waals surface area contributed by atoms with Crippen LogP contribution in [0.15, 0.2) is 24.3 Å². The summed E-state index contributed by atoms with van der Waals surface area (Å²) in [5.41, 5.74) is 0. The van der Waals surface area contributed by atoms with E-state index in [-0.39, 0.29) is 36.6 Å². The number of nitrogens with one attached hydrogen (secondary N) is 1. The van der Waals surface area contributed by atoms with E-state index in [9.17, 15) is 4.79 Å². The number of benzene rings is 1. The van der Waals surface area contributed by atoms with Gasteiger partial charge in [0.2, 0.25) is 5.91 Å². The first-order valence-electron chi connectivity index (χ1n) is 8.15. The number of nitrogens with zero attached hydrogens (tertiary/aromatic N) is 2. The number of ether oxygens (including phenoxy) is 1. The fourth-order valence-electron chi connectivity index (χ4n) is 2.74. The van der Waals surface area contributed by atoms with Gasteiger partial charge in [0.05, 0.1) is 5.02 Å². The van der Waals surface area contributed by atoms with Crippen LogP contribution in [0.25, 0.3) is 0 Å². The summed E-state index contributed by atoms with van der Waals surface area (Å²) >= 11 is 6.07. The van der Waals surface area contributed by atoms with Crippen molar-refractivity contribution in [3.63, 3.8) is 0 Å². The van der Waals surface area contributed by atoms with E-state index in [1.165, 1.54) is 0 Å². The summed E-state index contributed by atoms with van der Waals surface area (Å²) in [5, 5.41) is 3.70. The van der Waals surface area contributed by atoms with Crippen LogP contribution in [0.5, 0.6) is 5.75 Å². The fourth-order valence-corrected chi connectivity index (χ4v) is 2.93. The van der Waals surface area contributed by atoms with Gasteiger partial charge in [-0.25, -0.2) is 0 Å². The molecule has 144 valence electrons. The van der Waals surface area contributed by atoms with Crippen LogP contribution in [-0.4, -0.2) is 68.6 Å². The molecule has 1 unspecified atom stereocenters. The SMILES string of the molecule is CNCC(C)C(=O)N1CCN(CCOc2ccccc2Cl)CC1.Cl.Cl. The van der Waals surface area contributed by atoms with E-state index in [4.69, 9.17) is 16.3 Å². The summed E-state index contributed by atoms with van der Waals surface area (Å²) in [5.74, 6) is 1.00. The smallest absolute Gasteiger partial charge is 0.226 e. The van der Waals surface area contributed by atoms with Crippen LogP contribution in [-0.2, 0) is 4.79 Å². The van der Waals surface area contributed by atoms with Gasteiger partial charge in [-0.3, -0.25) is 9.69 Å². The number of halogens is 3. The summed E-state index contributed by atoms with van der Waals surface area (Å²) in [6, 6.07) is 7.51. The van der Waals surface area contributed by atoms with E-state index in [0.717, 1.165) is 45.0 Å². The van der Waals surface area contributed by atoms with E-state index < -0.39 is 0 Å². The van der Waals surface area contributed by atoms with Crippen LogP contribution >= 0.6 is 36.4 Å². The molecule has 0 aromatic heterocycles. The molecule has 1 atom stereocenters. The Morgan fingerprint density at radius 1 is 1.24 bits per heavy atom. The van der Waals surface area contributed by atoms with Gasteiger partial charge in [-0.1, -0.05) is 30.7 Å². The number of amides is 1. The predicted molar refractivity (Wildman–Crippen MR) is 108 cm³/mol. The first-order chi connectivity index (χ1) is 11.1. The number of hydrogen-bond acceptors (Lipinski definition) is 4. The minimum atomic E-state index is 0. The molecule has 0 saturated carbocycles. The number of para-hydroxylation sites is 1. The molecule has 1 aliphatic heterocycles. The standard InChI is InChI=1S/C17H26ClN3O2.2ClH/c1-14(13-19-2)17(22)21-9-7-20(8-10-21)11-12-23-16-6-4-3-5-15(16)18;;/h3-6,14,19H,7-13H2,1-2H3;2*1H. The Morgan fingerprint density at radius 3 is 2.48 bits per heavy atom. The van der Waals surface area contributed by atoms with Crippen molar-refractivity contribution in [1.29, 1.82) is 0 Å². The summed E-state index contributed by atoms with van der Waals surface area (Å²) in [7, 11) is 1.88. The Kier molecular flexibility index (Phi) is 12.2. The maximum absolute atomic E-state index is 12.3. The molecule has 1 heterocycles. The average Bonchev–Trinajstić information content (AvgIpc) is 2.57. The first kappa shape index (κ1) is 24.3. The molecule has 25 heavy (non-hydrogen) atoms. The van der Waals surface area contributed by atoms with Crippen LogP contribution in [0.4, 0.5) is 0 Å². The lowest BCUT2D eigenvalue weighted by Crippen LogP contribution is -2.51. The van der Waals surface area contributed by atoms with Gasteiger partial charge in [-0.05, 0) is 19.2 Å². The Morgan fingerprint density at radius 2 is 1.88 bits per heavy atom. The third-order valence-electron chi connectivity index (χ3n) is 4.12. The molecular weight excluding hydrogens is 385 g/mol. The van der Waals surface area contributed by atoms with E-state index >= 15 is 0 Å². The molecule has 0 spiro atoms. The summed E-state index contributed by atoms with van der Waals surface area (Å²) < 4.78 is 5.72. The molecule has 1 aromatic rings. The lowest BCUT2D eigenvalue weighted by Gasteiger charge is -2.35. The number of carbonyl (C=O) groups excluding carboxylic acids is 1. The molecule has 1 N–H and O–H groups in total. The molecule has 1 amide bonds. The second-order valence-corrected chi connectivity index (χ2v) is 6.31. The predicted octanol–water partition coefficient (Wildman–Crippen LogP) is 2.56. The van der Waals surface area contributed by atoms with Crippen molar-refractivity contribution in [2.24, 2.45) is 5.92 Å². The third-order valence-corrected chi connectivity index (χ3v) is 4.43. The molecule has 1 aromatic carbocycles. The van der Waals surface area contributed by atoms with Crippen LogP contribution in [0.2, 0.25) is 5.02 Å². The van der Waals surface area contributed by atoms with Gasteiger partial charge in [-0.15, -0.1) is 24.8 Å². The summed E-state index contributed by atoms with van der Waals surface area (Å²) in [4.78, 5) is 16.5. The zero-order valence-corrected chi connectivity index (χ0v) is 17.1. The molecule has 1 aliphatic rings. The molecule has 1 fully saturated rings.